The Morgan fingerprint density at radius 2 is 2.06 bits per heavy atom. The van der Waals surface area contributed by atoms with Gasteiger partial charge in [-0.05, 0) is 42.7 Å². The molecule has 2 aromatic carbocycles. The lowest BCUT2D eigenvalue weighted by Gasteiger charge is -2.27. The number of carbonyl (C=O) groups is 1. The molecule has 1 atom stereocenters. The minimum Gasteiger partial charge on any atom is -0.497 e. The number of rotatable bonds is 6. The SMILES string of the molecule is COc1cccc(CN(C(=O)c2cc(-c3ccc(C)c(F)c3)on2)[C@@H]2CCS(=O)(=O)C2)c1. The Morgan fingerprint density at radius 1 is 1.25 bits per heavy atom. The van der Waals surface area contributed by atoms with E-state index in [0.29, 0.717) is 23.3 Å². The van der Waals surface area contributed by atoms with E-state index in [4.69, 9.17) is 9.26 Å². The van der Waals surface area contributed by atoms with E-state index in [1.807, 2.05) is 12.1 Å². The van der Waals surface area contributed by atoms with Gasteiger partial charge in [-0.2, -0.15) is 0 Å². The third-order valence-electron chi connectivity index (χ3n) is 5.58. The maximum Gasteiger partial charge on any atom is 0.276 e. The molecular weight excluding hydrogens is 435 g/mol. The summed E-state index contributed by atoms with van der Waals surface area (Å²) in [5.74, 6) is -0.00478. The Kier molecular flexibility index (Phi) is 6.01. The van der Waals surface area contributed by atoms with Crippen molar-refractivity contribution in [3.63, 3.8) is 0 Å². The third-order valence-corrected chi connectivity index (χ3v) is 7.33. The van der Waals surface area contributed by atoms with Crippen molar-refractivity contribution in [1.29, 1.82) is 0 Å². The smallest absolute Gasteiger partial charge is 0.276 e. The van der Waals surface area contributed by atoms with Gasteiger partial charge >= 0.3 is 0 Å². The first-order valence-corrected chi connectivity index (χ1v) is 12.0. The molecule has 168 valence electrons. The first kappa shape index (κ1) is 22.0. The van der Waals surface area contributed by atoms with Gasteiger partial charge < -0.3 is 14.2 Å². The summed E-state index contributed by atoms with van der Waals surface area (Å²) in [6, 6.07) is 12.8. The number of aryl methyl sites for hydroxylation is 1. The highest BCUT2D eigenvalue weighted by molar-refractivity contribution is 7.91. The number of hydrogen-bond donors (Lipinski definition) is 0. The molecule has 0 spiro atoms. The monoisotopic (exact) mass is 458 g/mol. The number of halogens is 1. The van der Waals surface area contributed by atoms with Crippen LogP contribution >= 0.6 is 0 Å². The molecule has 3 aromatic rings. The minimum atomic E-state index is -3.21. The van der Waals surface area contributed by atoms with Crippen LogP contribution in [0, 0.1) is 12.7 Å². The van der Waals surface area contributed by atoms with Crippen molar-refractivity contribution in [3.8, 4) is 17.1 Å². The number of amides is 1. The highest BCUT2D eigenvalue weighted by atomic mass is 32.2. The predicted octanol–water partition coefficient (Wildman–Crippen LogP) is 3.63. The van der Waals surface area contributed by atoms with E-state index in [-0.39, 0.29) is 35.3 Å². The lowest BCUT2D eigenvalue weighted by Crippen LogP contribution is -2.40. The molecule has 1 fully saturated rings. The average Bonchev–Trinajstić information content (AvgIpc) is 3.40. The van der Waals surface area contributed by atoms with Gasteiger partial charge in [0.25, 0.3) is 5.91 Å². The van der Waals surface area contributed by atoms with Crippen LogP contribution < -0.4 is 4.74 Å². The first-order chi connectivity index (χ1) is 15.3. The van der Waals surface area contributed by atoms with Crippen molar-refractivity contribution >= 4 is 15.7 Å². The predicted molar refractivity (Wildman–Crippen MR) is 117 cm³/mol. The Labute approximate surface area is 185 Å². The van der Waals surface area contributed by atoms with Crippen LogP contribution in [0.15, 0.2) is 53.1 Å². The Morgan fingerprint density at radius 3 is 2.75 bits per heavy atom. The van der Waals surface area contributed by atoms with Gasteiger partial charge in [0.1, 0.15) is 11.6 Å². The summed E-state index contributed by atoms with van der Waals surface area (Å²) in [6.45, 7) is 1.85. The molecule has 0 unspecified atom stereocenters. The number of benzene rings is 2. The van der Waals surface area contributed by atoms with Gasteiger partial charge in [-0.15, -0.1) is 0 Å². The van der Waals surface area contributed by atoms with Gasteiger partial charge in [0.15, 0.2) is 21.3 Å². The topological polar surface area (TPSA) is 89.7 Å². The number of methoxy groups -OCH3 is 1. The number of ether oxygens (including phenoxy) is 1. The van der Waals surface area contributed by atoms with Crippen molar-refractivity contribution in [3.05, 3.63) is 71.2 Å². The van der Waals surface area contributed by atoms with Gasteiger partial charge in [0.05, 0.1) is 18.6 Å². The summed E-state index contributed by atoms with van der Waals surface area (Å²) in [5, 5.41) is 3.89. The van der Waals surface area contributed by atoms with E-state index >= 15 is 0 Å². The third kappa shape index (κ3) is 4.67. The maximum absolute atomic E-state index is 13.9. The number of sulfone groups is 1. The van der Waals surface area contributed by atoms with Crippen LogP contribution in [0.25, 0.3) is 11.3 Å². The normalized spacial score (nSPS) is 17.3. The van der Waals surface area contributed by atoms with Crippen LogP contribution in [0.4, 0.5) is 4.39 Å². The second-order valence-corrected chi connectivity index (χ2v) is 10.1. The van der Waals surface area contributed by atoms with Crippen molar-refractivity contribution in [1.82, 2.24) is 10.1 Å². The molecule has 2 heterocycles. The number of aromatic nitrogens is 1. The molecule has 0 saturated carbocycles. The van der Waals surface area contributed by atoms with Crippen LogP contribution in [-0.2, 0) is 16.4 Å². The Balaban J connectivity index is 1.64. The fraction of sp³-hybridized carbons (Fsp3) is 0.304. The Hall–Kier alpha value is -3.20. The summed E-state index contributed by atoms with van der Waals surface area (Å²) >= 11 is 0. The van der Waals surface area contributed by atoms with Crippen molar-refractivity contribution in [2.75, 3.05) is 18.6 Å². The summed E-state index contributed by atoms with van der Waals surface area (Å²) < 4.78 is 48.6. The molecule has 1 aliphatic heterocycles. The van der Waals surface area contributed by atoms with E-state index in [2.05, 4.69) is 5.16 Å². The van der Waals surface area contributed by atoms with E-state index in [1.165, 1.54) is 17.0 Å². The largest absolute Gasteiger partial charge is 0.497 e. The summed E-state index contributed by atoms with van der Waals surface area (Å²) in [6.07, 6.45) is 0.353. The van der Waals surface area contributed by atoms with Gasteiger partial charge in [-0.1, -0.05) is 29.4 Å². The van der Waals surface area contributed by atoms with E-state index in [0.717, 1.165) is 5.56 Å². The first-order valence-electron chi connectivity index (χ1n) is 10.1. The minimum absolute atomic E-state index is 0.0340. The molecule has 0 bridgehead atoms. The highest BCUT2D eigenvalue weighted by Gasteiger charge is 2.36. The van der Waals surface area contributed by atoms with Crippen LogP contribution in [0.5, 0.6) is 5.75 Å². The van der Waals surface area contributed by atoms with E-state index in [9.17, 15) is 17.6 Å². The van der Waals surface area contributed by atoms with Crippen LogP contribution in [0.2, 0.25) is 0 Å². The van der Waals surface area contributed by atoms with E-state index < -0.39 is 21.8 Å². The van der Waals surface area contributed by atoms with Gasteiger partial charge in [0, 0.05) is 24.2 Å². The second kappa shape index (κ2) is 8.74. The van der Waals surface area contributed by atoms with Crippen LogP contribution in [0.1, 0.15) is 28.0 Å². The highest BCUT2D eigenvalue weighted by Crippen LogP contribution is 2.26. The molecule has 1 amide bonds. The van der Waals surface area contributed by atoms with Crippen molar-refractivity contribution in [2.24, 2.45) is 0 Å². The molecule has 0 aliphatic carbocycles. The van der Waals surface area contributed by atoms with Crippen LogP contribution in [0.3, 0.4) is 0 Å². The summed E-state index contributed by atoms with van der Waals surface area (Å²) in [7, 11) is -1.66. The second-order valence-electron chi connectivity index (χ2n) is 7.88. The number of carbonyl (C=O) groups excluding carboxylic acids is 1. The summed E-state index contributed by atoms with van der Waals surface area (Å²) in [5.41, 5.74) is 1.79. The lowest BCUT2D eigenvalue weighted by molar-refractivity contribution is 0.0670. The molecule has 1 saturated heterocycles. The molecule has 32 heavy (non-hydrogen) atoms. The fourth-order valence-corrected chi connectivity index (χ4v) is 5.49. The molecule has 1 aliphatic rings. The molecular formula is C23H23FN2O5S. The molecule has 7 nitrogen and oxygen atoms in total. The van der Waals surface area contributed by atoms with E-state index in [1.54, 1.807) is 38.3 Å². The zero-order valence-electron chi connectivity index (χ0n) is 17.7. The molecule has 0 N–H and O–H groups in total. The summed E-state index contributed by atoms with van der Waals surface area (Å²) in [4.78, 5) is 14.9. The fourth-order valence-electron chi connectivity index (χ4n) is 3.76. The average molecular weight is 459 g/mol. The molecule has 9 heteroatoms. The number of hydrogen-bond acceptors (Lipinski definition) is 6. The zero-order chi connectivity index (χ0) is 22.9. The molecule has 1 aromatic heterocycles. The quantitative estimate of drug-likeness (QED) is 0.560. The van der Waals surface area contributed by atoms with Crippen molar-refractivity contribution in [2.45, 2.75) is 25.9 Å². The van der Waals surface area contributed by atoms with Gasteiger partial charge in [-0.25, -0.2) is 12.8 Å². The van der Waals surface area contributed by atoms with Crippen LogP contribution in [-0.4, -0.2) is 49.0 Å². The van der Waals surface area contributed by atoms with Gasteiger partial charge in [0.2, 0.25) is 0 Å². The maximum atomic E-state index is 13.9. The van der Waals surface area contributed by atoms with Gasteiger partial charge in [-0.3, -0.25) is 4.79 Å². The zero-order valence-corrected chi connectivity index (χ0v) is 18.6. The Bertz CT molecular complexity index is 1250. The number of nitrogens with zero attached hydrogens (tertiary/aromatic N) is 2. The molecule has 0 radical (unpaired) electrons. The molecule has 4 rings (SSSR count). The van der Waals surface area contributed by atoms with Crippen molar-refractivity contribution < 1.29 is 26.9 Å². The lowest BCUT2D eigenvalue weighted by atomic mass is 10.1. The standard InChI is InChI=1S/C23H23FN2O5S/c1-15-6-7-17(11-20(15)24)22-12-21(25-31-22)23(27)26(18-8-9-32(28,29)14-18)13-16-4-3-5-19(10-16)30-2/h3-7,10-12,18H,8-9,13-14H2,1-2H3/t18-/m1/s1.